The number of carbonyl (C=O) groups is 2. The SMILES string of the molecule is CCc1cc(C(=O)N2CCCCCC2C)nc2cc(-c3c(F)cc(C(N)=O)cc3F)nn12. The summed E-state index contributed by atoms with van der Waals surface area (Å²) in [5.74, 6) is -2.97. The van der Waals surface area contributed by atoms with Gasteiger partial charge in [0, 0.05) is 29.9 Å². The van der Waals surface area contributed by atoms with Gasteiger partial charge in [-0.25, -0.2) is 18.3 Å². The molecule has 9 heteroatoms. The van der Waals surface area contributed by atoms with Crippen molar-refractivity contribution in [1.29, 1.82) is 0 Å². The van der Waals surface area contributed by atoms with E-state index in [1.54, 1.807) is 6.07 Å². The van der Waals surface area contributed by atoms with E-state index in [2.05, 4.69) is 10.1 Å². The molecule has 1 atom stereocenters. The summed E-state index contributed by atoms with van der Waals surface area (Å²) in [5, 5.41) is 4.33. The fourth-order valence-electron chi connectivity index (χ4n) is 4.20. The molecule has 1 aliphatic heterocycles. The second kappa shape index (κ2) is 8.64. The summed E-state index contributed by atoms with van der Waals surface area (Å²) in [4.78, 5) is 30.8. The summed E-state index contributed by atoms with van der Waals surface area (Å²) < 4.78 is 30.7. The average Bonchev–Trinajstić information content (AvgIpc) is 3.05. The van der Waals surface area contributed by atoms with Gasteiger partial charge in [0.2, 0.25) is 5.91 Å². The maximum Gasteiger partial charge on any atom is 0.272 e. The van der Waals surface area contributed by atoms with Crippen molar-refractivity contribution in [1.82, 2.24) is 19.5 Å². The first kappa shape index (κ1) is 21.9. The largest absolute Gasteiger partial charge is 0.366 e. The topological polar surface area (TPSA) is 93.6 Å². The molecule has 3 aromatic rings. The van der Waals surface area contributed by atoms with Crippen LogP contribution >= 0.6 is 0 Å². The van der Waals surface area contributed by atoms with Gasteiger partial charge < -0.3 is 10.6 Å². The predicted molar refractivity (Wildman–Crippen MR) is 115 cm³/mol. The number of likely N-dealkylation sites (tertiary alicyclic amines) is 1. The highest BCUT2D eigenvalue weighted by molar-refractivity contribution is 5.94. The van der Waals surface area contributed by atoms with Gasteiger partial charge in [-0.05, 0) is 44.4 Å². The molecule has 4 rings (SSSR count). The van der Waals surface area contributed by atoms with E-state index >= 15 is 0 Å². The van der Waals surface area contributed by atoms with Crippen molar-refractivity contribution in [3.63, 3.8) is 0 Å². The van der Waals surface area contributed by atoms with Gasteiger partial charge in [-0.3, -0.25) is 9.59 Å². The lowest BCUT2D eigenvalue weighted by Crippen LogP contribution is -2.38. The molecule has 2 N–H and O–H groups in total. The standard InChI is InChI=1S/C23H25F2N5O2/c1-3-15-11-19(23(32)29-8-6-4-5-7-13(29)2)27-20-12-18(28-30(15)20)21-16(24)9-14(22(26)31)10-17(21)25/h9-13H,3-8H2,1-2H3,(H2,26,31). The molecule has 168 valence electrons. The van der Waals surface area contributed by atoms with Crippen LogP contribution in [0.15, 0.2) is 24.3 Å². The Morgan fingerprint density at radius 2 is 1.84 bits per heavy atom. The Balaban J connectivity index is 1.78. The zero-order chi connectivity index (χ0) is 23.0. The summed E-state index contributed by atoms with van der Waals surface area (Å²) in [5.41, 5.74) is 5.81. The van der Waals surface area contributed by atoms with Crippen molar-refractivity contribution >= 4 is 17.5 Å². The molecule has 0 aliphatic carbocycles. The molecule has 1 aromatic carbocycles. The number of nitrogens with zero attached hydrogens (tertiary/aromatic N) is 4. The predicted octanol–water partition coefficient (Wildman–Crippen LogP) is 3.74. The molecule has 1 fully saturated rings. The van der Waals surface area contributed by atoms with Crippen LogP contribution in [0.1, 0.15) is 66.1 Å². The second-order valence-corrected chi connectivity index (χ2v) is 8.16. The van der Waals surface area contributed by atoms with Crippen molar-refractivity contribution in [2.75, 3.05) is 6.54 Å². The van der Waals surface area contributed by atoms with Gasteiger partial charge in [-0.1, -0.05) is 19.8 Å². The lowest BCUT2D eigenvalue weighted by atomic mass is 10.1. The first-order valence-electron chi connectivity index (χ1n) is 10.8. The van der Waals surface area contributed by atoms with Crippen LogP contribution in [0.4, 0.5) is 8.78 Å². The normalized spacial score (nSPS) is 16.9. The first-order valence-corrected chi connectivity index (χ1v) is 10.8. The highest BCUT2D eigenvalue weighted by Crippen LogP contribution is 2.28. The van der Waals surface area contributed by atoms with E-state index < -0.39 is 17.5 Å². The quantitative estimate of drug-likeness (QED) is 0.667. The van der Waals surface area contributed by atoms with Gasteiger partial charge >= 0.3 is 0 Å². The summed E-state index contributed by atoms with van der Waals surface area (Å²) in [6.07, 6.45) is 4.64. The Labute approximate surface area is 184 Å². The van der Waals surface area contributed by atoms with Crippen LogP contribution in [0.3, 0.4) is 0 Å². The fraction of sp³-hybridized carbons (Fsp3) is 0.391. The van der Waals surface area contributed by atoms with Gasteiger partial charge in [-0.15, -0.1) is 0 Å². The molecule has 0 saturated carbocycles. The van der Waals surface area contributed by atoms with E-state index in [0.717, 1.165) is 37.8 Å². The van der Waals surface area contributed by atoms with E-state index in [1.165, 1.54) is 10.6 Å². The van der Waals surface area contributed by atoms with Crippen molar-refractivity contribution in [2.45, 2.75) is 52.0 Å². The van der Waals surface area contributed by atoms with Crippen LogP contribution < -0.4 is 5.73 Å². The number of rotatable bonds is 4. The van der Waals surface area contributed by atoms with Crippen molar-refractivity contribution < 1.29 is 18.4 Å². The number of amides is 2. The zero-order valence-electron chi connectivity index (χ0n) is 18.1. The van der Waals surface area contributed by atoms with Crippen LogP contribution in [0.25, 0.3) is 16.9 Å². The number of nitrogens with two attached hydrogens (primary N) is 1. The maximum atomic E-state index is 14.6. The first-order chi connectivity index (χ1) is 15.3. The lowest BCUT2D eigenvalue weighted by Gasteiger charge is -2.27. The van der Waals surface area contributed by atoms with Gasteiger partial charge in [0.15, 0.2) is 5.65 Å². The van der Waals surface area contributed by atoms with Crippen molar-refractivity contribution in [3.8, 4) is 11.3 Å². The number of aromatic nitrogens is 3. The van der Waals surface area contributed by atoms with Gasteiger partial charge in [0.05, 0.1) is 5.56 Å². The van der Waals surface area contributed by atoms with Crippen LogP contribution in [0.5, 0.6) is 0 Å². The number of aryl methyl sites for hydroxylation is 1. The van der Waals surface area contributed by atoms with Gasteiger partial charge in [-0.2, -0.15) is 5.10 Å². The highest BCUT2D eigenvalue weighted by Gasteiger charge is 2.26. The molecule has 7 nitrogen and oxygen atoms in total. The van der Waals surface area contributed by atoms with Crippen LogP contribution in [0, 0.1) is 11.6 Å². The number of primary amides is 1. The van der Waals surface area contributed by atoms with Crippen molar-refractivity contribution in [3.05, 3.63) is 52.9 Å². The molecule has 1 unspecified atom stereocenters. The zero-order valence-corrected chi connectivity index (χ0v) is 18.1. The lowest BCUT2D eigenvalue weighted by molar-refractivity contribution is 0.0691. The highest BCUT2D eigenvalue weighted by atomic mass is 19.1. The molecule has 0 bridgehead atoms. The monoisotopic (exact) mass is 441 g/mol. The van der Waals surface area contributed by atoms with Gasteiger partial charge in [0.1, 0.15) is 23.0 Å². The Morgan fingerprint density at radius 3 is 2.50 bits per heavy atom. The Kier molecular flexibility index (Phi) is 5.90. The van der Waals surface area contributed by atoms with E-state index in [0.29, 0.717) is 30.0 Å². The minimum absolute atomic E-state index is 0.0194. The Morgan fingerprint density at radius 1 is 1.12 bits per heavy atom. The van der Waals surface area contributed by atoms with E-state index in [-0.39, 0.29) is 28.8 Å². The number of carbonyl (C=O) groups excluding carboxylic acids is 2. The molecule has 1 aliphatic rings. The molecule has 2 amide bonds. The third-order valence-electron chi connectivity index (χ3n) is 5.98. The molecule has 0 radical (unpaired) electrons. The number of hydrogen-bond donors (Lipinski definition) is 1. The second-order valence-electron chi connectivity index (χ2n) is 8.16. The van der Waals surface area contributed by atoms with Crippen LogP contribution in [0.2, 0.25) is 0 Å². The number of benzene rings is 1. The molecular formula is C23H25F2N5O2. The van der Waals surface area contributed by atoms with Crippen molar-refractivity contribution in [2.24, 2.45) is 5.73 Å². The molecule has 2 aromatic heterocycles. The summed E-state index contributed by atoms with van der Waals surface area (Å²) in [6.45, 7) is 4.63. The third-order valence-corrected chi connectivity index (χ3v) is 5.98. The molecule has 32 heavy (non-hydrogen) atoms. The van der Waals surface area contributed by atoms with Gasteiger partial charge in [0.25, 0.3) is 5.91 Å². The molecular weight excluding hydrogens is 416 g/mol. The van der Waals surface area contributed by atoms with Crippen LogP contribution in [-0.2, 0) is 6.42 Å². The van der Waals surface area contributed by atoms with E-state index in [4.69, 9.17) is 5.73 Å². The molecule has 0 spiro atoms. The third kappa shape index (κ3) is 3.94. The van der Waals surface area contributed by atoms with Crippen LogP contribution in [-0.4, -0.2) is 43.9 Å². The number of fused-ring (bicyclic) bond motifs is 1. The number of halogens is 2. The molecule has 3 heterocycles. The Hall–Kier alpha value is -3.36. The fourth-order valence-corrected chi connectivity index (χ4v) is 4.20. The van der Waals surface area contributed by atoms with E-state index in [1.807, 2.05) is 18.7 Å². The Bertz CT molecular complexity index is 1180. The smallest absolute Gasteiger partial charge is 0.272 e. The number of hydrogen-bond acceptors (Lipinski definition) is 4. The van der Waals surface area contributed by atoms with E-state index in [9.17, 15) is 18.4 Å². The summed E-state index contributed by atoms with van der Waals surface area (Å²) >= 11 is 0. The summed E-state index contributed by atoms with van der Waals surface area (Å²) in [6, 6.07) is 5.02. The summed E-state index contributed by atoms with van der Waals surface area (Å²) in [7, 11) is 0. The molecule has 1 saturated heterocycles. The minimum Gasteiger partial charge on any atom is -0.366 e. The minimum atomic E-state index is -0.949. The average molecular weight is 441 g/mol. The maximum absolute atomic E-state index is 14.6.